The molecule has 1 aliphatic rings. The highest BCUT2D eigenvalue weighted by atomic mass is 35.5. The molecule has 0 spiro atoms. The molecule has 0 amide bonds. The number of rotatable bonds is 4. The number of nitrogens with one attached hydrogen (secondary N) is 1. The van der Waals surface area contributed by atoms with E-state index in [0.717, 1.165) is 31.1 Å². The van der Waals surface area contributed by atoms with Crippen LogP contribution in [-0.2, 0) is 13.0 Å². The number of piperazine rings is 1. The molecule has 1 aliphatic heterocycles. The van der Waals surface area contributed by atoms with Crippen LogP contribution in [0.5, 0.6) is 0 Å². The van der Waals surface area contributed by atoms with Gasteiger partial charge in [-0.2, -0.15) is 0 Å². The second-order valence-corrected chi connectivity index (χ2v) is 6.44. The summed E-state index contributed by atoms with van der Waals surface area (Å²) >= 11 is 6.30. The molecule has 0 aromatic heterocycles. The van der Waals surface area contributed by atoms with Gasteiger partial charge in [0.05, 0.1) is 36.9 Å². The molecule has 2 aromatic rings. The van der Waals surface area contributed by atoms with Crippen LogP contribution in [0.1, 0.15) is 18.1 Å². The SMILES string of the molecule is CCc1ccc(C[NH+]2CCN(c3ccccc3Cl)CC2)cc1. The van der Waals surface area contributed by atoms with Crippen molar-refractivity contribution in [1.29, 1.82) is 0 Å². The van der Waals surface area contributed by atoms with Crippen molar-refractivity contribution >= 4 is 17.3 Å². The molecule has 0 unspecified atom stereocenters. The number of quaternary nitrogens is 1. The molecule has 3 rings (SSSR count). The maximum absolute atomic E-state index is 6.30. The van der Waals surface area contributed by atoms with Crippen LogP contribution in [0.15, 0.2) is 48.5 Å². The number of nitrogens with zero attached hydrogens (tertiary/aromatic N) is 1. The van der Waals surface area contributed by atoms with Gasteiger partial charge in [0.2, 0.25) is 0 Å². The number of para-hydroxylation sites is 1. The molecule has 0 atom stereocenters. The largest absolute Gasteiger partial charge is 0.359 e. The van der Waals surface area contributed by atoms with Gasteiger partial charge >= 0.3 is 0 Å². The van der Waals surface area contributed by atoms with E-state index < -0.39 is 0 Å². The van der Waals surface area contributed by atoms with E-state index in [1.165, 1.54) is 29.9 Å². The van der Waals surface area contributed by atoms with Crippen molar-refractivity contribution in [3.05, 3.63) is 64.7 Å². The topological polar surface area (TPSA) is 7.68 Å². The lowest BCUT2D eigenvalue weighted by Gasteiger charge is -2.34. The van der Waals surface area contributed by atoms with Crippen LogP contribution in [-0.4, -0.2) is 26.2 Å². The summed E-state index contributed by atoms with van der Waals surface area (Å²) in [4.78, 5) is 4.07. The fourth-order valence-electron chi connectivity index (χ4n) is 3.13. The monoisotopic (exact) mass is 315 g/mol. The second-order valence-electron chi connectivity index (χ2n) is 6.04. The fourth-order valence-corrected chi connectivity index (χ4v) is 3.39. The molecule has 1 heterocycles. The number of aryl methyl sites for hydroxylation is 1. The van der Waals surface area contributed by atoms with E-state index >= 15 is 0 Å². The van der Waals surface area contributed by atoms with Crippen LogP contribution in [0.2, 0.25) is 5.02 Å². The van der Waals surface area contributed by atoms with E-state index in [4.69, 9.17) is 11.6 Å². The van der Waals surface area contributed by atoms with Gasteiger partial charge in [-0.1, -0.05) is 54.9 Å². The molecule has 0 saturated carbocycles. The molecule has 0 bridgehead atoms. The highest BCUT2D eigenvalue weighted by molar-refractivity contribution is 6.33. The molecule has 0 radical (unpaired) electrons. The van der Waals surface area contributed by atoms with Crippen molar-refractivity contribution in [3.63, 3.8) is 0 Å². The molecule has 22 heavy (non-hydrogen) atoms. The normalized spacial score (nSPS) is 16.0. The average Bonchev–Trinajstić information content (AvgIpc) is 2.57. The second kappa shape index (κ2) is 7.17. The van der Waals surface area contributed by atoms with E-state index in [0.29, 0.717) is 0 Å². The summed E-state index contributed by atoms with van der Waals surface area (Å²) in [5, 5.41) is 0.862. The summed E-state index contributed by atoms with van der Waals surface area (Å²) in [7, 11) is 0. The molecule has 1 N–H and O–H groups in total. The van der Waals surface area contributed by atoms with Crippen molar-refractivity contribution in [2.45, 2.75) is 19.9 Å². The van der Waals surface area contributed by atoms with Crippen molar-refractivity contribution in [3.8, 4) is 0 Å². The fraction of sp³-hybridized carbons (Fsp3) is 0.368. The van der Waals surface area contributed by atoms with Crippen molar-refractivity contribution in [2.75, 3.05) is 31.1 Å². The zero-order valence-electron chi connectivity index (χ0n) is 13.2. The van der Waals surface area contributed by atoms with Gasteiger partial charge in [-0.25, -0.2) is 0 Å². The summed E-state index contributed by atoms with van der Waals surface area (Å²) in [6.07, 6.45) is 1.11. The molecular weight excluding hydrogens is 292 g/mol. The third kappa shape index (κ3) is 3.63. The van der Waals surface area contributed by atoms with Crippen LogP contribution in [0.3, 0.4) is 0 Å². The van der Waals surface area contributed by atoms with Crippen LogP contribution in [0.25, 0.3) is 0 Å². The van der Waals surface area contributed by atoms with Gasteiger partial charge in [-0.05, 0) is 24.1 Å². The Morgan fingerprint density at radius 1 is 0.955 bits per heavy atom. The Morgan fingerprint density at radius 3 is 2.23 bits per heavy atom. The number of benzene rings is 2. The summed E-state index contributed by atoms with van der Waals surface area (Å²) in [6, 6.07) is 17.2. The van der Waals surface area contributed by atoms with Crippen LogP contribution in [0.4, 0.5) is 5.69 Å². The Kier molecular flexibility index (Phi) is 5.01. The Hall–Kier alpha value is -1.51. The Bertz CT molecular complexity index is 601. The van der Waals surface area contributed by atoms with Gasteiger partial charge in [0.1, 0.15) is 6.54 Å². The Morgan fingerprint density at radius 2 is 1.59 bits per heavy atom. The predicted molar refractivity (Wildman–Crippen MR) is 93.9 cm³/mol. The van der Waals surface area contributed by atoms with E-state index in [-0.39, 0.29) is 0 Å². The third-order valence-electron chi connectivity index (χ3n) is 4.55. The lowest BCUT2D eigenvalue weighted by molar-refractivity contribution is -0.914. The molecular formula is C19H24ClN2+. The van der Waals surface area contributed by atoms with E-state index in [9.17, 15) is 0 Å². The smallest absolute Gasteiger partial charge is 0.103 e. The predicted octanol–water partition coefficient (Wildman–Crippen LogP) is 2.81. The van der Waals surface area contributed by atoms with Crippen LogP contribution >= 0.6 is 11.6 Å². The molecule has 116 valence electrons. The number of anilines is 1. The van der Waals surface area contributed by atoms with Crippen LogP contribution in [0, 0.1) is 0 Å². The van der Waals surface area contributed by atoms with E-state index in [1.807, 2.05) is 12.1 Å². The van der Waals surface area contributed by atoms with Gasteiger partial charge in [0.15, 0.2) is 0 Å². The number of halogens is 1. The van der Waals surface area contributed by atoms with Crippen molar-refractivity contribution in [1.82, 2.24) is 0 Å². The van der Waals surface area contributed by atoms with E-state index in [2.05, 4.69) is 48.2 Å². The first kappa shape index (κ1) is 15.4. The minimum atomic E-state index is 0.862. The minimum Gasteiger partial charge on any atom is -0.359 e. The maximum atomic E-state index is 6.30. The molecule has 1 saturated heterocycles. The zero-order valence-corrected chi connectivity index (χ0v) is 13.9. The summed E-state index contributed by atoms with van der Waals surface area (Å²) in [5.41, 5.74) is 4.04. The maximum Gasteiger partial charge on any atom is 0.103 e. The summed E-state index contributed by atoms with van der Waals surface area (Å²) < 4.78 is 0. The highest BCUT2D eigenvalue weighted by Crippen LogP contribution is 2.24. The summed E-state index contributed by atoms with van der Waals surface area (Å²) in [6.45, 7) is 7.81. The number of hydrogen-bond acceptors (Lipinski definition) is 1. The van der Waals surface area contributed by atoms with E-state index in [1.54, 1.807) is 4.90 Å². The van der Waals surface area contributed by atoms with Crippen molar-refractivity contribution < 1.29 is 4.90 Å². The van der Waals surface area contributed by atoms with Gasteiger partial charge in [-0.15, -0.1) is 0 Å². The molecule has 3 heteroatoms. The van der Waals surface area contributed by atoms with Gasteiger partial charge in [0.25, 0.3) is 0 Å². The number of hydrogen-bond donors (Lipinski definition) is 1. The Labute approximate surface area is 138 Å². The lowest BCUT2D eigenvalue weighted by atomic mass is 10.1. The zero-order chi connectivity index (χ0) is 15.4. The minimum absolute atomic E-state index is 0.862. The summed E-state index contributed by atoms with van der Waals surface area (Å²) in [5.74, 6) is 0. The lowest BCUT2D eigenvalue weighted by Crippen LogP contribution is -3.13. The quantitative estimate of drug-likeness (QED) is 0.911. The first-order chi connectivity index (χ1) is 10.8. The van der Waals surface area contributed by atoms with Crippen LogP contribution < -0.4 is 9.80 Å². The average molecular weight is 316 g/mol. The molecule has 2 nitrogen and oxygen atoms in total. The van der Waals surface area contributed by atoms with Crippen molar-refractivity contribution in [2.24, 2.45) is 0 Å². The third-order valence-corrected chi connectivity index (χ3v) is 4.87. The molecule has 0 aliphatic carbocycles. The van der Waals surface area contributed by atoms with Gasteiger partial charge in [-0.3, -0.25) is 0 Å². The first-order valence-corrected chi connectivity index (χ1v) is 8.55. The standard InChI is InChI=1S/C19H23ClN2/c1-2-16-7-9-17(10-8-16)15-21-11-13-22(14-12-21)19-6-4-3-5-18(19)20/h3-10H,2,11-15H2,1H3/p+1. The molecule has 2 aromatic carbocycles. The Balaban J connectivity index is 1.56. The molecule has 1 fully saturated rings. The highest BCUT2D eigenvalue weighted by Gasteiger charge is 2.21. The van der Waals surface area contributed by atoms with Gasteiger partial charge in [0, 0.05) is 5.56 Å². The van der Waals surface area contributed by atoms with Gasteiger partial charge < -0.3 is 9.80 Å². The first-order valence-electron chi connectivity index (χ1n) is 8.17.